The molecule has 10 nitrogen and oxygen atoms in total. The Labute approximate surface area is 208 Å². The lowest BCUT2D eigenvalue weighted by molar-refractivity contribution is 0.348. The van der Waals surface area contributed by atoms with Gasteiger partial charge in [-0.1, -0.05) is 42.0 Å². The van der Waals surface area contributed by atoms with Gasteiger partial charge in [0.05, 0.1) is 19.6 Å². The van der Waals surface area contributed by atoms with Crippen molar-refractivity contribution < 1.29 is 22.6 Å². The van der Waals surface area contributed by atoms with Crippen molar-refractivity contribution in [3.63, 3.8) is 0 Å². The van der Waals surface area contributed by atoms with Crippen LogP contribution < -0.4 is 18.9 Å². The number of sulfonamides is 1. The zero-order valence-electron chi connectivity index (χ0n) is 19.7. The molecule has 4 aromatic rings. The van der Waals surface area contributed by atoms with E-state index in [9.17, 15) is 8.42 Å². The number of nitrogens with one attached hydrogen (secondary N) is 1. The fraction of sp³-hybridized carbons (Fsp3) is 0.120. The smallest absolute Gasteiger partial charge is 0.263 e. The Morgan fingerprint density at radius 1 is 0.833 bits per heavy atom. The number of aryl methyl sites for hydroxylation is 1. The first-order valence-corrected chi connectivity index (χ1v) is 12.2. The Hall–Kier alpha value is -4.51. The quantitative estimate of drug-likeness (QED) is 0.351. The zero-order valence-corrected chi connectivity index (χ0v) is 20.6. The van der Waals surface area contributed by atoms with Gasteiger partial charge in [0.15, 0.2) is 23.1 Å². The minimum Gasteiger partial charge on any atom is -0.493 e. The summed E-state index contributed by atoms with van der Waals surface area (Å²) in [4.78, 5) is 17.0. The maximum atomic E-state index is 13.0. The molecule has 0 aliphatic rings. The van der Waals surface area contributed by atoms with Crippen LogP contribution in [0.4, 0.5) is 5.82 Å². The Morgan fingerprint density at radius 2 is 1.53 bits per heavy atom. The van der Waals surface area contributed by atoms with Crippen LogP contribution in [0.1, 0.15) is 11.1 Å². The van der Waals surface area contributed by atoms with Gasteiger partial charge in [0.1, 0.15) is 0 Å². The van der Waals surface area contributed by atoms with Crippen molar-refractivity contribution in [2.24, 2.45) is 0 Å². The van der Waals surface area contributed by atoms with Crippen molar-refractivity contribution in [3.05, 3.63) is 83.5 Å². The summed E-state index contributed by atoms with van der Waals surface area (Å²) in [6.45, 7) is 1.95. The summed E-state index contributed by atoms with van der Waals surface area (Å²) in [7, 11) is -1.16. The largest absolute Gasteiger partial charge is 0.493 e. The standard InChI is InChI=1S/C25H23N5O5S/c1-17-9-11-18(12-10-17)13-16-36(31,32)30-22-21(35-20-8-5-4-7-19(20)33-2)25(34-3)29-24(28-22)23-26-14-6-15-27-23/h4-16H,1-3H3,(H,28,29,30)/b16-13+. The molecule has 0 fully saturated rings. The molecule has 4 rings (SSSR count). The van der Waals surface area contributed by atoms with Crippen molar-refractivity contribution in [1.29, 1.82) is 0 Å². The summed E-state index contributed by atoms with van der Waals surface area (Å²) in [5, 5.41) is 1.04. The highest BCUT2D eigenvalue weighted by Crippen LogP contribution is 2.40. The highest BCUT2D eigenvalue weighted by molar-refractivity contribution is 7.95. The van der Waals surface area contributed by atoms with Gasteiger partial charge in [-0.15, -0.1) is 0 Å². The molecule has 0 saturated heterocycles. The molecule has 184 valence electrons. The molecular formula is C25H23N5O5S. The average Bonchev–Trinajstić information content (AvgIpc) is 2.90. The number of nitrogens with zero attached hydrogens (tertiary/aromatic N) is 4. The van der Waals surface area contributed by atoms with Crippen LogP contribution >= 0.6 is 0 Å². The lowest BCUT2D eigenvalue weighted by Crippen LogP contribution is -2.13. The molecule has 2 aromatic carbocycles. The van der Waals surface area contributed by atoms with E-state index < -0.39 is 10.0 Å². The van der Waals surface area contributed by atoms with Gasteiger partial charge in [0.25, 0.3) is 15.9 Å². The van der Waals surface area contributed by atoms with Gasteiger partial charge in [-0.25, -0.2) is 23.4 Å². The number of hydrogen-bond acceptors (Lipinski definition) is 9. The first-order chi connectivity index (χ1) is 17.4. The van der Waals surface area contributed by atoms with Gasteiger partial charge in [0, 0.05) is 12.4 Å². The van der Waals surface area contributed by atoms with Crippen LogP contribution in [0.15, 0.2) is 72.4 Å². The summed E-state index contributed by atoms with van der Waals surface area (Å²) in [6, 6.07) is 15.9. The zero-order chi connectivity index (χ0) is 25.5. The first kappa shape index (κ1) is 24.6. The summed E-state index contributed by atoms with van der Waals surface area (Å²) in [5.41, 5.74) is 1.78. The molecule has 1 N–H and O–H groups in total. The second kappa shape index (κ2) is 10.8. The molecule has 0 unspecified atom stereocenters. The number of para-hydroxylation sites is 2. The Balaban J connectivity index is 1.78. The number of anilines is 1. The molecule has 11 heteroatoms. The lowest BCUT2D eigenvalue weighted by atomic mass is 10.2. The number of aromatic nitrogens is 4. The molecular weight excluding hydrogens is 482 g/mol. The minimum absolute atomic E-state index is 0.0291. The number of hydrogen-bond donors (Lipinski definition) is 1. The van der Waals surface area contributed by atoms with E-state index in [1.165, 1.54) is 32.7 Å². The van der Waals surface area contributed by atoms with Crippen molar-refractivity contribution in [1.82, 2.24) is 19.9 Å². The second-order valence-corrected chi connectivity index (χ2v) is 8.99. The maximum Gasteiger partial charge on any atom is 0.263 e. The summed E-state index contributed by atoms with van der Waals surface area (Å²) >= 11 is 0. The van der Waals surface area contributed by atoms with Gasteiger partial charge < -0.3 is 14.2 Å². The summed E-state index contributed by atoms with van der Waals surface area (Å²) in [5.74, 6) is 0.691. The molecule has 36 heavy (non-hydrogen) atoms. The van der Waals surface area contributed by atoms with E-state index in [0.29, 0.717) is 11.5 Å². The Kier molecular flexibility index (Phi) is 7.40. The minimum atomic E-state index is -4.03. The predicted octanol–water partition coefficient (Wildman–Crippen LogP) is 4.46. The van der Waals surface area contributed by atoms with E-state index in [1.54, 1.807) is 30.3 Å². The third kappa shape index (κ3) is 5.94. The van der Waals surface area contributed by atoms with Crippen molar-refractivity contribution >= 4 is 21.9 Å². The lowest BCUT2D eigenvalue weighted by Gasteiger charge is -2.16. The molecule has 0 amide bonds. The van der Waals surface area contributed by atoms with E-state index in [2.05, 4.69) is 24.7 Å². The van der Waals surface area contributed by atoms with Crippen molar-refractivity contribution in [2.45, 2.75) is 6.92 Å². The average molecular weight is 506 g/mol. The molecule has 2 aromatic heterocycles. The van der Waals surface area contributed by atoms with Crippen molar-refractivity contribution in [3.8, 4) is 34.8 Å². The van der Waals surface area contributed by atoms with E-state index in [1.807, 2.05) is 31.2 Å². The summed E-state index contributed by atoms with van der Waals surface area (Å²) in [6.07, 6.45) is 4.51. The van der Waals surface area contributed by atoms with Gasteiger partial charge in [-0.3, -0.25) is 4.72 Å². The highest BCUT2D eigenvalue weighted by Gasteiger charge is 2.23. The second-order valence-electron chi connectivity index (χ2n) is 7.42. The van der Waals surface area contributed by atoms with Crippen LogP contribution in [0.5, 0.6) is 23.1 Å². The Morgan fingerprint density at radius 3 is 2.19 bits per heavy atom. The van der Waals surface area contributed by atoms with Gasteiger partial charge in [0.2, 0.25) is 11.6 Å². The monoisotopic (exact) mass is 505 g/mol. The molecule has 2 heterocycles. The molecule has 0 aliphatic carbocycles. The first-order valence-electron chi connectivity index (χ1n) is 10.7. The van der Waals surface area contributed by atoms with Crippen LogP contribution in [0.2, 0.25) is 0 Å². The third-order valence-corrected chi connectivity index (χ3v) is 5.80. The maximum absolute atomic E-state index is 13.0. The van der Waals surface area contributed by atoms with E-state index in [4.69, 9.17) is 14.2 Å². The van der Waals surface area contributed by atoms with Crippen molar-refractivity contribution in [2.75, 3.05) is 18.9 Å². The number of ether oxygens (including phenoxy) is 3. The van der Waals surface area contributed by atoms with E-state index in [0.717, 1.165) is 16.5 Å². The highest BCUT2D eigenvalue weighted by atomic mass is 32.2. The van der Waals surface area contributed by atoms with Gasteiger partial charge in [-0.2, -0.15) is 4.98 Å². The molecule has 0 aliphatic heterocycles. The fourth-order valence-electron chi connectivity index (χ4n) is 3.07. The van der Waals surface area contributed by atoms with Crippen LogP contribution in [-0.2, 0) is 10.0 Å². The normalized spacial score (nSPS) is 11.3. The van der Waals surface area contributed by atoms with Crippen LogP contribution in [-0.4, -0.2) is 42.6 Å². The Bertz CT molecular complexity index is 1480. The number of benzene rings is 2. The van der Waals surface area contributed by atoms with E-state index in [-0.39, 0.29) is 29.1 Å². The SMILES string of the molecule is COc1ccccc1Oc1c(NS(=O)(=O)/C=C/c2ccc(C)cc2)nc(-c2ncccn2)nc1OC. The van der Waals surface area contributed by atoms with Crippen LogP contribution in [0.3, 0.4) is 0 Å². The van der Waals surface area contributed by atoms with Gasteiger partial charge in [-0.05, 0) is 36.8 Å². The van der Waals surface area contributed by atoms with Gasteiger partial charge >= 0.3 is 0 Å². The molecule has 0 atom stereocenters. The summed E-state index contributed by atoms with van der Waals surface area (Å²) < 4.78 is 45.2. The topological polar surface area (TPSA) is 125 Å². The van der Waals surface area contributed by atoms with E-state index >= 15 is 0 Å². The third-order valence-electron chi connectivity index (χ3n) is 4.83. The van der Waals surface area contributed by atoms with Crippen LogP contribution in [0.25, 0.3) is 17.7 Å². The molecule has 0 saturated carbocycles. The fourth-order valence-corrected chi connectivity index (χ4v) is 3.88. The number of methoxy groups -OCH3 is 2. The van der Waals surface area contributed by atoms with Crippen LogP contribution in [0, 0.1) is 6.92 Å². The molecule has 0 radical (unpaired) electrons. The predicted molar refractivity (Wildman–Crippen MR) is 135 cm³/mol. The molecule has 0 bridgehead atoms. The molecule has 0 spiro atoms. The number of rotatable bonds is 9.